The highest BCUT2D eigenvalue weighted by atomic mass is 16.4. The normalized spacial score (nSPS) is 15.4. The second-order valence-corrected chi connectivity index (χ2v) is 3.66. The Balaban J connectivity index is 2.31. The SMILES string of the molecule is O=C(O)c1ccc(=O)n(CC2CC2)c1. The van der Waals surface area contributed by atoms with Crippen LogP contribution in [0.25, 0.3) is 0 Å². The number of pyridine rings is 1. The van der Waals surface area contributed by atoms with Crippen molar-refractivity contribution in [2.24, 2.45) is 5.92 Å². The number of hydrogen-bond donors (Lipinski definition) is 1. The number of rotatable bonds is 3. The van der Waals surface area contributed by atoms with Gasteiger partial charge in [-0.1, -0.05) is 0 Å². The summed E-state index contributed by atoms with van der Waals surface area (Å²) in [6.45, 7) is 0.653. The van der Waals surface area contributed by atoms with Gasteiger partial charge in [0, 0.05) is 18.8 Å². The maximum atomic E-state index is 11.3. The molecule has 1 aliphatic rings. The van der Waals surface area contributed by atoms with Crippen molar-refractivity contribution in [1.29, 1.82) is 0 Å². The fourth-order valence-corrected chi connectivity index (χ4v) is 1.38. The summed E-state index contributed by atoms with van der Waals surface area (Å²) in [5.41, 5.74) is 0.0483. The van der Waals surface area contributed by atoms with Gasteiger partial charge in [-0.05, 0) is 24.8 Å². The van der Waals surface area contributed by atoms with Crippen molar-refractivity contribution in [3.05, 3.63) is 34.2 Å². The van der Waals surface area contributed by atoms with Gasteiger partial charge < -0.3 is 9.67 Å². The summed E-state index contributed by atoms with van der Waals surface area (Å²) in [6.07, 6.45) is 3.70. The molecule has 1 aromatic heterocycles. The Kier molecular flexibility index (Phi) is 2.11. The summed E-state index contributed by atoms with van der Waals surface area (Å²) in [5.74, 6) is -0.425. The van der Waals surface area contributed by atoms with Crippen LogP contribution in [0.1, 0.15) is 23.2 Å². The minimum Gasteiger partial charge on any atom is -0.478 e. The summed E-state index contributed by atoms with van der Waals surface area (Å²) < 4.78 is 1.49. The van der Waals surface area contributed by atoms with Gasteiger partial charge in [-0.25, -0.2) is 4.79 Å². The maximum absolute atomic E-state index is 11.3. The van der Waals surface area contributed by atoms with E-state index in [9.17, 15) is 9.59 Å². The van der Waals surface area contributed by atoms with Gasteiger partial charge >= 0.3 is 5.97 Å². The minimum absolute atomic E-state index is 0.123. The van der Waals surface area contributed by atoms with Crippen molar-refractivity contribution in [2.45, 2.75) is 19.4 Å². The molecular formula is C10H11NO3. The number of aromatic carboxylic acids is 1. The van der Waals surface area contributed by atoms with Gasteiger partial charge in [0.25, 0.3) is 5.56 Å². The zero-order chi connectivity index (χ0) is 10.1. The van der Waals surface area contributed by atoms with E-state index in [1.165, 1.54) is 22.9 Å². The number of hydrogen-bond acceptors (Lipinski definition) is 2. The molecule has 2 rings (SSSR count). The molecule has 0 radical (unpaired) electrons. The smallest absolute Gasteiger partial charge is 0.337 e. The molecule has 1 fully saturated rings. The van der Waals surface area contributed by atoms with Gasteiger partial charge in [0.1, 0.15) is 0 Å². The van der Waals surface area contributed by atoms with Crippen LogP contribution in [0, 0.1) is 5.92 Å². The molecule has 14 heavy (non-hydrogen) atoms. The second kappa shape index (κ2) is 3.29. The largest absolute Gasteiger partial charge is 0.478 e. The van der Waals surface area contributed by atoms with E-state index in [1.807, 2.05) is 0 Å². The highest BCUT2D eigenvalue weighted by Crippen LogP contribution is 2.29. The fourth-order valence-electron chi connectivity index (χ4n) is 1.38. The first-order valence-corrected chi connectivity index (χ1v) is 4.60. The Bertz CT molecular complexity index is 418. The van der Waals surface area contributed by atoms with Crippen LogP contribution in [0.5, 0.6) is 0 Å². The topological polar surface area (TPSA) is 59.3 Å². The predicted molar refractivity (Wildman–Crippen MR) is 50.4 cm³/mol. The average molecular weight is 193 g/mol. The Labute approximate surface area is 80.8 Å². The molecule has 74 valence electrons. The highest BCUT2D eigenvalue weighted by molar-refractivity contribution is 5.87. The van der Waals surface area contributed by atoms with Gasteiger partial charge in [-0.15, -0.1) is 0 Å². The summed E-state index contributed by atoms with van der Waals surface area (Å²) in [7, 11) is 0. The van der Waals surface area contributed by atoms with Crippen molar-refractivity contribution >= 4 is 5.97 Å². The molecule has 0 saturated heterocycles. The van der Waals surface area contributed by atoms with Crippen LogP contribution in [0.15, 0.2) is 23.1 Å². The van der Waals surface area contributed by atoms with E-state index in [4.69, 9.17) is 5.11 Å². The first kappa shape index (κ1) is 8.99. The van der Waals surface area contributed by atoms with Crippen molar-refractivity contribution in [1.82, 2.24) is 4.57 Å². The quantitative estimate of drug-likeness (QED) is 0.777. The number of nitrogens with zero attached hydrogens (tertiary/aromatic N) is 1. The van der Waals surface area contributed by atoms with Crippen LogP contribution < -0.4 is 5.56 Å². The molecule has 4 heteroatoms. The maximum Gasteiger partial charge on any atom is 0.337 e. The molecule has 1 saturated carbocycles. The summed E-state index contributed by atoms with van der Waals surface area (Å²) in [5, 5.41) is 8.73. The van der Waals surface area contributed by atoms with Crippen LogP contribution >= 0.6 is 0 Å². The Morgan fingerprint density at radius 1 is 1.50 bits per heavy atom. The second-order valence-electron chi connectivity index (χ2n) is 3.66. The van der Waals surface area contributed by atoms with Crippen molar-refractivity contribution in [2.75, 3.05) is 0 Å². The standard InChI is InChI=1S/C10H11NO3/c12-9-4-3-8(10(13)14)6-11(9)5-7-1-2-7/h3-4,6-7H,1-2,5H2,(H,13,14). The van der Waals surface area contributed by atoms with E-state index < -0.39 is 5.97 Å². The summed E-state index contributed by atoms with van der Waals surface area (Å²) in [4.78, 5) is 22.0. The van der Waals surface area contributed by atoms with E-state index in [0.29, 0.717) is 12.5 Å². The van der Waals surface area contributed by atoms with Crippen molar-refractivity contribution < 1.29 is 9.90 Å². The van der Waals surface area contributed by atoms with Crippen LogP contribution in [0.3, 0.4) is 0 Å². The van der Waals surface area contributed by atoms with E-state index in [0.717, 1.165) is 12.8 Å². The Hall–Kier alpha value is -1.58. The highest BCUT2D eigenvalue weighted by Gasteiger charge is 2.22. The molecule has 0 aliphatic heterocycles. The first-order valence-electron chi connectivity index (χ1n) is 4.60. The molecule has 1 N–H and O–H groups in total. The molecule has 1 heterocycles. The van der Waals surface area contributed by atoms with Crippen LogP contribution in [-0.2, 0) is 6.54 Å². The Morgan fingerprint density at radius 2 is 2.21 bits per heavy atom. The zero-order valence-corrected chi connectivity index (χ0v) is 7.64. The molecule has 0 bridgehead atoms. The lowest BCUT2D eigenvalue weighted by Gasteiger charge is -2.04. The molecule has 0 atom stereocenters. The van der Waals surface area contributed by atoms with E-state index in [1.54, 1.807) is 0 Å². The predicted octanol–water partition coefficient (Wildman–Crippen LogP) is 0.956. The number of carboxylic acids is 1. The van der Waals surface area contributed by atoms with Gasteiger partial charge in [0.15, 0.2) is 0 Å². The van der Waals surface area contributed by atoms with Gasteiger partial charge in [0.2, 0.25) is 0 Å². The fraction of sp³-hybridized carbons (Fsp3) is 0.400. The van der Waals surface area contributed by atoms with Gasteiger partial charge in [-0.3, -0.25) is 4.79 Å². The average Bonchev–Trinajstić information content (AvgIpc) is 2.92. The first-order chi connectivity index (χ1) is 6.66. The Morgan fingerprint density at radius 3 is 2.79 bits per heavy atom. The number of carbonyl (C=O) groups is 1. The molecule has 0 spiro atoms. The minimum atomic E-state index is -0.991. The van der Waals surface area contributed by atoms with Gasteiger partial charge in [-0.2, -0.15) is 0 Å². The number of aromatic nitrogens is 1. The van der Waals surface area contributed by atoms with E-state index in [-0.39, 0.29) is 11.1 Å². The molecule has 0 unspecified atom stereocenters. The van der Waals surface area contributed by atoms with E-state index >= 15 is 0 Å². The molecule has 4 nitrogen and oxygen atoms in total. The lowest BCUT2D eigenvalue weighted by molar-refractivity contribution is 0.0695. The molecular weight excluding hydrogens is 182 g/mol. The zero-order valence-electron chi connectivity index (χ0n) is 7.64. The third-order valence-electron chi connectivity index (χ3n) is 2.38. The molecule has 0 amide bonds. The summed E-state index contributed by atoms with van der Waals surface area (Å²) in [6, 6.07) is 2.65. The van der Waals surface area contributed by atoms with E-state index in [2.05, 4.69) is 0 Å². The van der Waals surface area contributed by atoms with Gasteiger partial charge in [0.05, 0.1) is 5.56 Å². The van der Waals surface area contributed by atoms with Crippen molar-refractivity contribution in [3.8, 4) is 0 Å². The number of carboxylic acid groups (broad SMARTS) is 1. The van der Waals surface area contributed by atoms with Crippen LogP contribution in [0.2, 0.25) is 0 Å². The van der Waals surface area contributed by atoms with Crippen LogP contribution in [-0.4, -0.2) is 15.6 Å². The summed E-state index contributed by atoms with van der Waals surface area (Å²) >= 11 is 0. The van der Waals surface area contributed by atoms with Crippen molar-refractivity contribution in [3.63, 3.8) is 0 Å². The van der Waals surface area contributed by atoms with Crippen LogP contribution in [0.4, 0.5) is 0 Å². The lowest BCUT2D eigenvalue weighted by Crippen LogP contribution is -2.20. The molecule has 1 aliphatic carbocycles. The third kappa shape index (κ3) is 1.84. The third-order valence-corrected chi connectivity index (χ3v) is 2.38. The molecule has 1 aromatic rings. The molecule has 0 aromatic carbocycles. The lowest BCUT2D eigenvalue weighted by atomic mass is 10.3. The monoisotopic (exact) mass is 193 g/mol.